The van der Waals surface area contributed by atoms with Gasteiger partial charge in [-0.3, -0.25) is 9.80 Å². The van der Waals surface area contributed by atoms with Crippen molar-refractivity contribution >= 4 is 17.4 Å². The second kappa shape index (κ2) is 4.74. The number of urea groups is 1. The lowest BCUT2D eigenvalue weighted by molar-refractivity contribution is 0.255. The molecule has 1 heterocycles. The Hall–Kier alpha value is -2.33. The molecular weight excluding hydrogens is 238 g/mol. The van der Waals surface area contributed by atoms with E-state index < -0.39 is 0 Å². The van der Waals surface area contributed by atoms with E-state index in [1.807, 2.05) is 60.7 Å². The molecule has 96 valence electrons. The fourth-order valence-corrected chi connectivity index (χ4v) is 2.33. The Balaban J connectivity index is 1.92. The van der Waals surface area contributed by atoms with E-state index in [1.165, 1.54) is 0 Å². The van der Waals surface area contributed by atoms with Gasteiger partial charge in [-0.05, 0) is 24.3 Å². The number of hydrogen-bond acceptors (Lipinski definition) is 2. The third-order valence-electron chi connectivity index (χ3n) is 3.24. The van der Waals surface area contributed by atoms with Crippen molar-refractivity contribution in [1.29, 1.82) is 0 Å². The molecule has 1 fully saturated rings. The summed E-state index contributed by atoms with van der Waals surface area (Å²) in [7, 11) is 0. The van der Waals surface area contributed by atoms with Crippen LogP contribution in [0.15, 0.2) is 60.7 Å². The van der Waals surface area contributed by atoms with Crippen LogP contribution in [0.5, 0.6) is 0 Å². The molecule has 1 unspecified atom stereocenters. The van der Waals surface area contributed by atoms with Crippen LogP contribution >= 0.6 is 0 Å². The largest absolute Gasteiger partial charge is 0.330 e. The number of para-hydroxylation sites is 2. The fraction of sp³-hybridized carbons (Fsp3) is 0.133. The van der Waals surface area contributed by atoms with Crippen molar-refractivity contribution in [3.05, 3.63) is 60.7 Å². The molecule has 2 N–H and O–H groups in total. The predicted octanol–water partition coefficient (Wildman–Crippen LogP) is 2.42. The van der Waals surface area contributed by atoms with Crippen molar-refractivity contribution in [3.8, 4) is 0 Å². The molecule has 1 saturated heterocycles. The zero-order chi connectivity index (χ0) is 13.2. The van der Waals surface area contributed by atoms with E-state index in [-0.39, 0.29) is 12.2 Å². The number of carbonyl (C=O) groups is 1. The van der Waals surface area contributed by atoms with E-state index in [9.17, 15) is 4.79 Å². The number of anilines is 2. The highest BCUT2D eigenvalue weighted by atomic mass is 16.2. The summed E-state index contributed by atoms with van der Waals surface area (Å²) in [6.07, 6.45) is -0.324. The summed E-state index contributed by atoms with van der Waals surface area (Å²) in [6.45, 7) is 0.498. The predicted molar refractivity (Wildman–Crippen MR) is 76.1 cm³/mol. The Kier molecular flexibility index (Phi) is 2.93. The first-order chi connectivity index (χ1) is 9.27. The Labute approximate surface area is 112 Å². The minimum atomic E-state index is -0.324. The first-order valence-corrected chi connectivity index (χ1v) is 6.24. The molecule has 2 amide bonds. The Morgan fingerprint density at radius 2 is 1.42 bits per heavy atom. The Morgan fingerprint density at radius 1 is 0.895 bits per heavy atom. The molecule has 4 nitrogen and oxygen atoms in total. The van der Waals surface area contributed by atoms with Gasteiger partial charge in [-0.25, -0.2) is 4.79 Å². The van der Waals surface area contributed by atoms with Crippen LogP contribution in [0.25, 0.3) is 0 Å². The lowest BCUT2D eigenvalue weighted by atomic mass is 10.3. The maximum atomic E-state index is 12.5. The van der Waals surface area contributed by atoms with Crippen LogP contribution in [-0.4, -0.2) is 18.7 Å². The zero-order valence-electron chi connectivity index (χ0n) is 10.4. The molecule has 2 aromatic carbocycles. The summed E-state index contributed by atoms with van der Waals surface area (Å²) in [6, 6.07) is 19.0. The molecule has 0 radical (unpaired) electrons. The number of hydrogen-bond donors (Lipinski definition) is 1. The third kappa shape index (κ3) is 2.06. The van der Waals surface area contributed by atoms with Crippen molar-refractivity contribution in [2.45, 2.75) is 6.17 Å². The van der Waals surface area contributed by atoms with Crippen LogP contribution in [0.3, 0.4) is 0 Å². The van der Waals surface area contributed by atoms with Crippen LogP contribution in [-0.2, 0) is 0 Å². The number of nitrogens with zero attached hydrogens (tertiary/aromatic N) is 2. The Bertz CT molecular complexity index is 570. The topological polar surface area (TPSA) is 49.6 Å². The second-order valence-corrected chi connectivity index (χ2v) is 4.50. The maximum absolute atomic E-state index is 12.5. The minimum Gasteiger partial charge on any atom is -0.309 e. The van der Waals surface area contributed by atoms with Crippen molar-refractivity contribution in [2.24, 2.45) is 5.73 Å². The highest BCUT2D eigenvalue weighted by molar-refractivity contribution is 6.06. The van der Waals surface area contributed by atoms with Crippen molar-refractivity contribution in [1.82, 2.24) is 0 Å². The van der Waals surface area contributed by atoms with Gasteiger partial charge in [0.25, 0.3) is 0 Å². The van der Waals surface area contributed by atoms with E-state index in [0.29, 0.717) is 6.54 Å². The summed E-state index contributed by atoms with van der Waals surface area (Å²) in [5.74, 6) is 0. The van der Waals surface area contributed by atoms with Gasteiger partial charge in [0, 0.05) is 11.4 Å². The molecule has 1 aliphatic rings. The van der Waals surface area contributed by atoms with Crippen LogP contribution in [0, 0.1) is 0 Å². The van der Waals surface area contributed by atoms with Gasteiger partial charge in [-0.1, -0.05) is 36.4 Å². The van der Waals surface area contributed by atoms with E-state index in [2.05, 4.69) is 0 Å². The average molecular weight is 253 g/mol. The van der Waals surface area contributed by atoms with E-state index >= 15 is 0 Å². The molecule has 2 aromatic rings. The molecule has 0 saturated carbocycles. The number of benzene rings is 2. The van der Waals surface area contributed by atoms with Crippen molar-refractivity contribution in [3.63, 3.8) is 0 Å². The standard InChI is InChI=1S/C15H15N3O/c16-14-11-17(12-7-3-1-4-8-12)15(19)18(14)13-9-5-2-6-10-13/h1-10,14H,11,16H2. The van der Waals surface area contributed by atoms with E-state index in [0.717, 1.165) is 11.4 Å². The van der Waals surface area contributed by atoms with Crippen molar-refractivity contribution in [2.75, 3.05) is 16.3 Å². The molecule has 3 rings (SSSR count). The van der Waals surface area contributed by atoms with Gasteiger partial charge in [0.2, 0.25) is 0 Å². The van der Waals surface area contributed by atoms with Gasteiger partial charge in [0.15, 0.2) is 0 Å². The van der Waals surface area contributed by atoms with E-state index in [4.69, 9.17) is 5.73 Å². The summed E-state index contributed by atoms with van der Waals surface area (Å²) in [4.78, 5) is 15.8. The number of nitrogens with two attached hydrogens (primary N) is 1. The van der Waals surface area contributed by atoms with Crippen LogP contribution in [0.1, 0.15) is 0 Å². The third-order valence-corrected chi connectivity index (χ3v) is 3.24. The lowest BCUT2D eigenvalue weighted by Gasteiger charge is -2.20. The van der Waals surface area contributed by atoms with Gasteiger partial charge in [0.05, 0.1) is 6.54 Å². The van der Waals surface area contributed by atoms with Gasteiger partial charge in [-0.2, -0.15) is 0 Å². The SMILES string of the molecule is NC1CN(c2ccccc2)C(=O)N1c1ccccc1. The minimum absolute atomic E-state index is 0.0788. The number of amides is 2. The monoisotopic (exact) mass is 253 g/mol. The molecule has 1 aliphatic heterocycles. The molecule has 4 heteroatoms. The normalized spacial score (nSPS) is 19.0. The van der Waals surface area contributed by atoms with Gasteiger partial charge >= 0.3 is 6.03 Å². The summed E-state index contributed by atoms with van der Waals surface area (Å²) < 4.78 is 0. The molecule has 1 atom stereocenters. The quantitative estimate of drug-likeness (QED) is 0.893. The molecule has 0 aliphatic carbocycles. The molecular formula is C15H15N3O. The first kappa shape index (κ1) is 11.7. The van der Waals surface area contributed by atoms with Crippen LogP contribution < -0.4 is 15.5 Å². The van der Waals surface area contributed by atoms with Crippen molar-refractivity contribution < 1.29 is 4.79 Å². The van der Waals surface area contributed by atoms with Gasteiger partial charge in [0.1, 0.15) is 6.17 Å². The lowest BCUT2D eigenvalue weighted by Crippen LogP contribution is -2.40. The summed E-state index contributed by atoms with van der Waals surface area (Å²) in [5.41, 5.74) is 7.80. The number of carbonyl (C=O) groups excluding carboxylic acids is 1. The summed E-state index contributed by atoms with van der Waals surface area (Å²) >= 11 is 0. The molecule has 0 bridgehead atoms. The summed E-state index contributed by atoms with van der Waals surface area (Å²) in [5, 5.41) is 0. The first-order valence-electron chi connectivity index (χ1n) is 6.24. The molecule has 19 heavy (non-hydrogen) atoms. The zero-order valence-corrected chi connectivity index (χ0v) is 10.4. The highest BCUT2D eigenvalue weighted by Crippen LogP contribution is 2.26. The number of rotatable bonds is 2. The van der Waals surface area contributed by atoms with Crippen LogP contribution in [0.4, 0.5) is 16.2 Å². The fourth-order valence-electron chi connectivity index (χ4n) is 2.33. The smallest absolute Gasteiger partial charge is 0.309 e. The van der Waals surface area contributed by atoms with E-state index in [1.54, 1.807) is 9.80 Å². The molecule has 0 spiro atoms. The Morgan fingerprint density at radius 3 is 2.00 bits per heavy atom. The average Bonchev–Trinajstić information content (AvgIpc) is 2.76. The second-order valence-electron chi connectivity index (χ2n) is 4.50. The van der Waals surface area contributed by atoms with Gasteiger partial charge < -0.3 is 5.73 Å². The van der Waals surface area contributed by atoms with Crippen LogP contribution in [0.2, 0.25) is 0 Å². The molecule has 0 aromatic heterocycles. The van der Waals surface area contributed by atoms with Gasteiger partial charge in [-0.15, -0.1) is 0 Å². The highest BCUT2D eigenvalue weighted by Gasteiger charge is 2.36. The maximum Gasteiger partial charge on any atom is 0.330 e.